The van der Waals surface area contributed by atoms with E-state index in [-0.39, 0.29) is 18.1 Å². The van der Waals surface area contributed by atoms with Crippen molar-refractivity contribution in [3.8, 4) is 11.3 Å². The third-order valence-electron chi connectivity index (χ3n) is 6.56. The van der Waals surface area contributed by atoms with Gasteiger partial charge < -0.3 is 14.6 Å². The van der Waals surface area contributed by atoms with E-state index in [2.05, 4.69) is 59.6 Å². The number of carbonyl (C=O) groups excluding carboxylic acids is 1. The van der Waals surface area contributed by atoms with Crippen LogP contribution in [0, 0.1) is 0 Å². The Balaban J connectivity index is 1.58. The van der Waals surface area contributed by atoms with Gasteiger partial charge in [0.05, 0.1) is 17.8 Å². The van der Waals surface area contributed by atoms with E-state index >= 15 is 0 Å². The van der Waals surface area contributed by atoms with Crippen LogP contribution >= 0.6 is 0 Å². The standard InChI is InChI=1S/C27H24N2O2/c30-27-21-13-5-4-12-20(21)26(29(27)17-19-11-8-16-31-19)24-22-14-6-7-15-23(22)28-25(24)18-9-2-1-3-10-18/h1-7,9-10,12-15,19,26,28H,8,11,16-17H2. The van der Waals surface area contributed by atoms with Crippen molar-refractivity contribution in [1.82, 2.24) is 9.88 Å². The molecule has 2 atom stereocenters. The first-order valence-corrected chi connectivity index (χ1v) is 11.0. The van der Waals surface area contributed by atoms with Gasteiger partial charge in [0, 0.05) is 35.2 Å². The largest absolute Gasteiger partial charge is 0.376 e. The fourth-order valence-corrected chi connectivity index (χ4v) is 5.16. The normalized spacial score (nSPS) is 20.5. The molecule has 1 aromatic heterocycles. The highest BCUT2D eigenvalue weighted by atomic mass is 16.5. The second kappa shape index (κ2) is 7.40. The van der Waals surface area contributed by atoms with E-state index < -0.39 is 0 Å². The van der Waals surface area contributed by atoms with Crippen LogP contribution in [0.25, 0.3) is 22.2 Å². The Labute approximate surface area is 181 Å². The summed E-state index contributed by atoms with van der Waals surface area (Å²) in [7, 11) is 0. The molecule has 3 aromatic carbocycles. The van der Waals surface area contributed by atoms with Gasteiger partial charge in [-0.1, -0.05) is 66.7 Å². The fourth-order valence-electron chi connectivity index (χ4n) is 5.16. The van der Waals surface area contributed by atoms with Crippen LogP contribution in [0.5, 0.6) is 0 Å². The van der Waals surface area contributed by atoms with E-state index in [4.69, 9.17) is 4.74 Å². The van der Waals surface area contributed by atoms with Gasteiger partial charge in [-0.15, -0.1) is 0 Å². The average molecular weight is 409 g/mol. The van der Waals surface area contributed by atoms with Gasteiger partial charge in [-0.25, -0.2) is 0 Å². The summed E-state index contributed by atoms with van der Waals surface area (Å²) in [5.41, 5.74) is 6.34. The Kier molecular flexibility index (Phi) is 4.39. The van der Waals surface area contributed by atoms with E-state index in [0.29, 0.717) is 6.54 Å². The molecule has 3 heterocycles. The SMILES string of the molecule is O=C1c2ccccc2C(c2c(-c3ccccc3)[nH]c3ccccc23)N1CC1CCCO1. The summed E-state index contributed by atoms with van der Waals surface area (Å²) in [5.74, 6) is 0.0976. The van der Waals surface area contributed by atoms with Gasteiger partial charge in [0.15, 0.2) is 0 Å². The van der Waals surface area contributed by atoms with Crippen LogP contribution in [-0.2, 0) is 4.74 Å². The maximum Gasteiger partial charge on any atom is 0.255 e. The number of H-pyrrole nitrogens is 1. The van der Waals surface area contributed by atoms with E-state index in [0.717, 1.165) is 58.3 Å². The van der Waals surface area contributed by atoms with Gasteiger partial charge in [0.25, 0.3) is 5.91 Å². The van der Waals surface area contributed by atoms with Crippen LogP contribution in [-0.4, -0.2) is 35.0 Å². The van der Waals surface area contributed by atoms with Crippen molar-refractivity contribution < 1.29 is 9.53 Å². The molecular weight excluding hydrogens is 384 g/mol. The summed E-state index contributed by atoms with van der Waals surface area (Å²) in [5, 5.41) is 1.16. The highest BCUT2D eigenvalue weighted by molar-refractivity contribution is 6.02. The number of ether oxygens (including phenoxy) is 1. The van der Waals surface area contributed by atoms with E-state index in [1.807, 2.05) is 29.2 Å². The molecule has 0 radical (unpaired) electrons. The van der Waals surface area contributed by atoms with Crippen molar-refractivity contribution in [3.63, 3.8) is 0 Å². The lowest BCUT2D eigenvalue weighted by Gasteiger charge is -2.28. The fraction of sp³-hybridized carbons (Fsp3) is 0.222. The number of nitrogens with one attached hydrogen (secondary N) is 1. The Morgan fingerprint density at radius 2 is 1.71 bits per heavy atom. The van der Waals surface area contributed by atoms with Gasteiger partial charge in [0.1, 0.15) is 0 Å². The number of aromatic amines is 1. The van der Waals surface area contributed by atoms with Gasteiger partial charge in [-0.3, -0.25) is 4.79 Å². The number of carbonyl (C=O) groups is 1. The minimum Gasteiger partial charge on any atom is -0.376 e. The second-order valence-electron chi connectivity index (χ2n) is 8.41. The average Bonchev–Trinajstić information content (AvgIpc) is 3.53. The molecule has 0 bridgehead atoms. The molecule has 0 aliphatic carbocycles. The van der Waals surface area contributed by atoms with Gasteiger partial charge in [-0.05, 0) is 36.1 Å². The number of aromatic nitrogens is 1. The van der Waals surface area contributed by atoms with Crippen LogP contribution < -0.4 is 0 Å². The van der Waals surface area contributed by atoms with Crippen molar-refractivity contribution in [3.05, 3.63) is 95.6 Å². The second-order valence-corrected chi connectivity index (χ2v) is 8.41. The van der Waals surface area contributed by atoms with Crippen molar-refractivity contribution in [2.24, 2.45) is 0 Å². The van der Waals surface area contributed by atoms with Gasteiger partial charge in [-0.2, -0.15) is 0 Å². The molecule has 154 valence electrons. The first-order chi connectivity index (χ1) is 15.3. The molecule has 1 fully saturated rings. The Hall–Kier alpha value is -3.37. The third kappa shape index (κ3) is 2.98. The van der Waals surface area contributed by atoms with Crippen molar-refractivity contribution >= 4 is 16.8 Å². The minimum atomic E-state index is -0.140. The molecule has 4 aromatic rings. The predicted octanol–water partition coefficient (Wildman–Crippen LogP) is 5.56. The molecule has 2 unspecified atom stereocenters. The number of benzene rings is 3. The number of amides is 1. The Bertz CT molecular complexity index is 1250. The van der Waals surface area contributed by atoms with Crippen molar-refractivity contribution in [1.29, 1.82) is 0 Å². The summed E-state index contributed by atoms with van der Waals surface area (Å²) in [6.45, 7) is 1.40. The number of hydrogen-bond acceptors (Lipinski definition) is 2. The quantitative estimate of drug-likeness (QED) is 0.481. The molecule has 31 heavy (non-hydrogen) atoms. The van der Waals surface area contributed by atoms with E-state index in [1.165, 1.54) is 0 Å². The number of nitrogens with zero attached hydrogens (tertiary/aromatic N) is 1. The minimum absolute atomic E-state index is 0.0976. The topological polar surface area (TPSA) is 45.3 Å². The lowest BCUT2D eigenvalue weighted by atomic mass is 9.93. The molecule has 4 heteroatoms. The van der Waals surface area contributed by atoms with Crippen LogP contribution in [0.1, 0.15) is 40.4 Å². The van der Waals surface area contributed by atoms with Crippen molar-refractivity contribution in [2.75, 3.05) is 13.2 Å². The van der Waals surface area contributed by atoms with Crippen LogP contribution in [0.4, 0.5) is 0 Å². The number of fused-ring (bicyclic) bond motifs is 2. The molecule has 1 N–H and O–H groups in total. The lowest BCUT2D eigenvalue weighted by molar-refractivity contribution is 0.0501. The molecule has 1 saturated heterocycles. The molecule has 2 aliphatic rings. The predicted molar refractivity (Wildman–Crippen MR) is 122 cm³/mol. The molecule has 4 nitrogen and oxygen atoms in total. The van der Waals surface area contributed by atoms with Crippen LogP contribution in [0.3, 0.4) is 0 Å². The highest BCUT2D eigenvalue weighted by Gasteiger charge is 2.41. The Morgan fingerprint density at radius 1 is 0.935 bits per heavy atom. The summed E-state index contributed by atoms with van der Waals surface area (Å²) >= 11 is 0. The monoisotopic (exact) mass is 408 g/mol. The molecular formula is C27H24N2O2. The smallest absolute Gasteiger partial charge is 0.255 e. The van der Waals surface area contributed by atoms with E-state index in [9.17, 15) is 4.79 Å². The van der Waals surface area contributed by atoms with Crippen molar-refractivity contribution in [2.45, 2.75) is 25.0 Å². The first-order valence-electron chi connectivity index (χ1n) is 11.0. The summed E-state index contributed by atoms with van der Waals surface area (Å²) in [6.07, 6.45) is 2.17. The lowest BCUT2D eigenvalue weighted by Crippen LogP contribution is -2.35. The van der Waals surface area contributed by atoms with Gasteiger partial charge >= 0.3 is 0 Å². The third-order valence-corrected chi connectivity index (χ3v) is 6.56. The number of hydrogen-bond donors (Lipinski definition) is 1. The summed E-state index contributed by atoms with van der Waals surface area (Å²) < 4.78 is 5.93. The highest BCUT2D eigenvalue weighted by Crippen LogP contribution is 2.45. The zero-order chi connectivity index (χ0) is 20.8. The molecule has 2 aliphatic heterocycles. The number of para-hydroxylation sites is 1. The van der Waals surface area contributed by atoms with Gasteiger partial charge in [0.2, 0.25) is 0 Å². The molecule has 6 rings (SSSR count). The number of rotatable bonds is 4. The zero-order valence-electron chi connectivity index (χ0n) is 17.3. The maximum atomic E-state index is 13.5. The molecule has 0 saturated carbocycles. The van der Waals surface area contributed by atoms with Crippen LogP contribution in [0.2, 0.25) is 0 Å². The zero-order valence-corrected chi connectivity index (χ0v) is 17.3. The first kappa shape index (κ1) is 18.4. The molecule has 1 amide bonds. The van der Waals surface area contributed by atoms with Crippen LogP contribution in [0.15, 0.2) is 78.9 Å². The summed E-state index contributed by atoms with van der Waals surface area (Å²) in [4.78, 5) is 19.2. The van der Waals surface area contributed by atoms with E-state index in [1.54, 1.807) is 0 Å². The Morgan fingerprint density at radius 3 is 2.55 bits per heavy atom. The summed E-state index contributed by atoms with van der Waals surface area (Å²) in [6, 6.07) is 26.7. The molecule has 0 spiro atoms. The maximum absolute atomic E-state index is 13.5.